The van der Waals surface area contributed by atoms with E-state index < -0.39 is 0 Å². The Morgan fingerprint density at radius 2 is 2.26 bits per heavy atom. The number of nitrogens with zero attached hydrogens (tertiary/aromatic N) is 1. The number of aliphatic hydroxyl groups excluding tert-OH is 1. The number of para-hydroxylation sites is 1. The fourth-order valence-electron chi connectivity index (χ4n) is 2.20. The molecule has 0 amide bonds. The Hall–Kier alpha value is -1.39. The van der Waals surface area contributed by atoms with Crippen LogP contribution in [0.4, 0.5) is 10.1 Å². The first-order valence-electron chi connectivity index (χ1n) is 6.64. The predicted octanol–water partition coefficient (Wildman–Crippen LogP) is 2.48. The number of rotatable bonds is 8. The molecule has 1 unspecified atom stereocenters. The van der Waals surface area contributed by atoms with E-state index in [9.17, 15) is 4.39 Å². The fraction of sp³-hybridized carbons (Fsp3) is 0.467. The van der Waals surface area contributed by atoms with E-state index in [0.29, 0.717) is 18.8 Å². The van der Waals surface area contributed by atoms with Gasteiger partial charge in [0.05, 0.1) is 12.3 Å². The van der Waals surface area contributed by atoms with Crippen molar-refractivity contribution in [1.29, 1.82) is 0 Å². The SMILES string of the molecule is C=CCN(CCO)c1c(F)cccc1C(C)NCC. The van der Waals surface area contributed by atoms with Crippen LogP contribution in [-0.2, 0) is 0 Å². The maximum Gasteiger partial charge on any atom is 0.146 e. The van der Waals surface area contributed by atoms with E-state index in [1.165, 1.54) is 6.07 Å². The molecule has 0 saturated carbocycles. The Balaban J connectivity index is 3.17. The largest absolute Gasteiger partial charge is 0.395 e. The number of hydrogen-bond donors (Lipinski definition) is 2. The molecule has 19 heavy (non-hydrogen) atoms. The van der Waals surface area contributed by atoms with E-state index in [2.05, 4.69) is 11.9 Å². The number of halogens is 1. The number of hydrogen-bond acceptors (Lipinski definition) is 3. The highest BCUT2D eigenvalue weighted by Gasteiger charge is 2.18. The Morgan fingerprint density at radius 1 is 1.53 bits per heavy atom. The molecule has 0 heterocycles. The molecule has 1 aromatic carbocycles. The van der Waals surface area contributed by atoms with Crippen LogP contribution in [0.5, 0.6) is 0 Å². The number of aliphatic hydroxyl groups is 1. The van der Waals surface area contributed by atoms with E-state index in [1.807, 2.05) is 24.8 Å². The van der Waals surface area contributed by atoms with Gasteiger partial charge in [0, 0.05) is 19.1 Å². The van der Waals surface area contributed by atoms with Crippen molar-refractivity contribution in [2.75, 3.05) is 31.1 Å². The van der Waals surface area contributed by atoms with Crippen molar-refractivity contribution in [2.24, 2.45) is 0 Å². The molecule has 0 aromatic heterocycles. The smallest absolute Gasteiger partial charge is 0.146 e. The fourth-order valence-corrected chi connectivity index (χ4v) is 2.20. The van der Waals surface area contributed by atoms with Gasteiger partial charge in [0.15, 0.2) is 0 Å². The highest BCUT2D eigenvalue weighted by atomic mass is 19.1. The van der Waals surface area contributed by atoms with Crippen molar-refractivity contribution in [3.8, 4) is 0 Å². The first kappa shape index (κ1) is 15.7. The van der Waals surface area contributed by atoms with Crippen LogP contribution in [0, 0.1) is 5.82 Å². The summed E-state index contributed by atoms with van der Waals surface area (Å²) in [5.74, 6) is -0.266. The molecule has 0 aliphatic rings. The third-order valence-electron chi connectivity index (χ3n) is 3.03. The Kier molecular flexibility index (Phi) is 6.53. The van der Waals surface area contributed by atoms with Gasteiger partial charge >= 0.3 is 0 Å². The molecule has 0 radical (unpaired) electrons. The lowest BCUT2D eigenvalue weighted by atomic mass is 10.0. The topological polar surface area (TPSA) is 35.5 Å². The average Bonchev–Trinajstić information content (AvgIpc) is 2.38. The van der Waals surface area contributed by atoms with Crippen molar-refractivity contribution in [1.82, 2.24) is 5.32 Å². The number of nitrogens with one attached hydrogen (secondary N) is 1. The van der Waals surface area contributed by atoms with E-state index in [-0.39, 0.29) is 18.5 Å². The van der Waals surface area contributed by atoms with Crippen LogP contribution in [0.25, 0.3) is 0 Å². The quantitative estimate of drug-likeness (QED) is 0.710. The lowest BCUT2D eigenvalue weighted by Crippen LogP contribution is -2.30. The molecule has 0 aliphatic carbocycles. The van der Waals surface area contributed by atoms with Crippen LogP contribution in [0.3, 0.4) is 0 Å². The van der Waals surface area contributed by atoms with Gasteiger partial charge < -0.3 is 15.3 Å². The molecule has 0 fully saturated rings. The maximum atomic E-state index is 14.2. The number of anilines is 1. The zero-order valence-electron chi connectivity index (χ0n) is 11.7. The van der Waals surface area contributed by atoms with Crippen LogP contribution < -0.4 is 10.2 Å². The van der Waals surface area contributed by atoms with Gasteiger partial charge in [-0.3, -0.25) is 0 Å². The molecule has 2 N–H and O–H groups in total. The summed E-state index contributed by atoms with van der Waals surface area (Å²) in [5.41, 5.74) is 1.45. The van der Waals surface area contributed by atoms with Crippen LogP contribution in [0.15, 0.2) is 30.9 Å². The molecule has 4 heteroatoms. The lowest BCUT2D eigenvalue weighted by molar-refractivity contribution is 0.302. The zero-order valence-corrected chi connectivity index (χ0v) is 11.7. The summed E-state index contributed by atoms with van der Waals surface area (Å²) in [6, 6.07) is 5.14. The molecule has 3 nitrogen and oxygen atoms in total. The van der Waals surface area contributed by atoms with Gasteiger partial charge in [0.1, 0.15) is 5.82 Å². The summed E-state index contributed by atoms with van der Waals surface area (Å²) >= 11 is 0. The standard InChI is InChI=1S/C15H23FN2O/c1-4-9-18(10-11-19)15-13(12(3)17-5-2)7-6-8-14(15)16/h4,6-8,12,17,19H,1,5,9-11H2,2-3H3. The maximum absolute atomic E-state index is 14.2. The van der Waals surface area contributed by atoms with E-state index in [4.69, 9.17) is 5.11 Å². The summed E-state index contributed by atoms with van der Waals surface area (Å²) in [5, 5.41) is 12.4. The molecule has 1 aromatic rings. The minimum Gasteiger partial charge on any atom is -0.395 e. The first-order chi connectivity index (χ1) is 9.15. The Bertz CT molecular complexity index is 409. The van der Waals surface area contributed by atoms with Gasteiger partial charge in [-0.1, -0.05) is 25.1 Å². The van der Waals surface area contributed by atoms with Gasteiger partial charge in [-0.15, -0.1) is 6.58 Å². The van der Waals surface area contributed by atoms with Crippen LogP contribution >= 0.6 is 0 Å². The Labute approximate surface area is 114 Å². The second-order valence-corrected chi connectivity index (χ2v) is 4.42. The summed E-state index contributed by atoms with van der Waals surface area (Å²) in [7, 11) is 0. The summed E-state index contributed by atoms with van der Waals surface area (Å²) in [6.07, 6.45) is 1.71. The molecule has 0 saturated heterocycles. The summed E-state index contributed by atoms with van der Waals surface area (Å²) < 4.78 is 14.2. The van der Waals surface area contributed by atoms with Crippen molar-refractivity contribution >= 4 is 5.69 Å². The van der Waals surface area contributed by atoms with Gasteiger partial charge in [-0.05, 0) is 25.1 Å². The minimum absolute atomic E-state index is 0.0167. The van der Waals surface area contributed by atoms with Gasteiger partial charge in [-0.2, -0.15) is 0 Å². The van der Waals surface area contributed by atoms with Crippen LogP contribution in [-0.4, -0.2) is 31.3 Å². The third kappa shape index (κ3) is 4.04. The summed E-state index contributed by atoms with van der Waals surface area (Å²) in [6.45, 7) is 9.41. The number of benzene rings is 1. The third-order valence-corrected chi connectivity index (χ3v) is 3.03. The summed E-state index contributed by atoms with van der Waals surface area (Å²) in [4.78, 5) is 1.81. The predicted molar refractivity (Wildman–Crippen MR) is 78.0 cm³/mol. The van der Waals surface area contributed by atoms with Crippen molar-refractivity contribution in [3.05, 3.63) is 42.2 Å². The molecular formula is C15H23FN2O. The van der Waals surface area contributed by atoms with Gasteiger partial charge in [0.25, 0.3) is 0 Å². The molecule has 1 rings (SSSR count). The van der Waals surface area contributed by atoms with Crippen LogP contribution in [0.1, 0.15) is 25.5 Å². The normalized spacial score (nSPS) is 12.2. The van der Waals surface area contributed by atoms with E-state index in [0.717, 1.165) is 12.1 Å². The van der Waals surface area contributed by atoms with Crippen LogP contribution in [0.2, 0.25) is 0 Å². The second kappa shape index (κ2) is 7.92. The minimum atomic E-state index is -0.266. The molecule has 0 aliphatic heterocycles. The molecule has 0 bridgehead atoms. The van der Waals surface area contributed by atoms with Crippen molar-refractivity contribution < 1.29 is 9.50 Å². The molecule has 0 spiro atoms. The lowest BCUT2D eigenvalue weighted by Gasteiger charge is -2.28. The highest BCUT2D eigenvalue weighted by molar-refractivity contribution is 5.56. The molecule has 1 atom stereocenters. The van der Waals surface area contributed by atoms with Gasteiger partial charge in [-0.25, -0.2) is 4.39 Å². The zero-order chi connectivity index (χ0) is 14.3. The monoisotopic (exact) mass is 266 g/mol. The Morgan fingerprint density at radius 3 is 2.84 bits per heavy atom. The molecule has 106 valence electrons. The molecular weight excluding hydrogens is 243 g/mol. The first-order valence-corrected chi connectivity index (χ1v) is 6.64. The average molecular weight is 266 g/mol. The van der Waals surface area contributed by atoms with Crippen molar-refractivity contribution in [3.63, 3.8) is 0 Å². The highest BCUT2D eigenvalue weighted by Crippen LogP contribution is 2.29. The van der Waals surface area contributed by atoms with Gasteiger partial charge in [0.2, 0.25) is 0 Å². The van der Waals surface area contributed by atoms with Crippen molar-refractivity contribution in [2.45, 2.75) is 19.9 Å². The van der Waals surface area contributed by atoms with E-state index >= 15 is 0 Å². The van der Waals surface area contributed by atoms with E-state index in [1.54, 1.807) is 12.1 Å². The second-order valence-electron chi connectivity index (χ2n) is 4.42.